The first-order valence-electron chi connectivity index (χ1n) is 6.66. The zero-order valence-electron chi connectivity index (χ0n) is 9.99. The van der Waals surface area contributed by atoms with E-state index < -0.39 is 0 Å². The Hall–Kier alpha value is -0.0800. The number of aliphatic hydroxyl groups is 1. The average molecular weight is 211 g/mol. The lowest BCUT2D eigenvalue weighted by atomic mass is 9.80. The molecule has 0 amide bonds. The monoisotopic (exact) mass is 211 g/mol. The van der Waals surface area contributed by atoms with E-state index in [1.54, 1.807) is 0 Å². The molecule has 2 nitrogen and oxygen atoms in total. The molecule has 15 heavy (non-hydrogen) atoms. The van der Waals surface area contributed by atoms with Crippen LogP contribution in [0.15, 0.2) is 0 Å². The van der Waals surface area contributed by atoms with Crippen LogP contribution in [0.2, 0.25) is 0 Å². The number of piperidine rings is 1. The Kier molecular flexibility index (Phi) is 4.04. The number of likely N-dealkylation sites (tertiary alicyclic amines) is 1. The summed E-state index contributed by atoms with van der Waals surface area (Å²) in [6.07, 6.45) is 7.82. The lowest BCUT2D eigenvalue weighted by Crippen LogP contribution is -2.42. The van der Waals surface area contributed by atoms with Crippen LogP contribution in [-0.4, -0.2) is 35.7 Å². The maximum Gasteiger partial charge on any atom is 0.0667 e. The Labute approximate surface area is 93.7 Å². The minimum Gasteiger partial charge on any atom is -0.392 e. The van der Waals surface area contributed by atoms with Gasteiger partial charge in [0, 0.05) is 13.1 Å². The molecule has 2 heteroatoms. The van der Waals surface area contributed by atoms with Gasteiger partial charge in [0.1, 0.15) is 0 Å². The molecule has 1 saturated heterocycles. The van der Waals surface area contributed by atoms with Gasteiger partial charge >= 0.3 is 0 Å². The molecule has 1 N–H and O–H groups in total. The van der Waals surface area contributed by atoms with Gasteiger partial charge in [-0.25, -0.2) is 0 Å². The molecule has 0 aromatic carbocycles. The van der Waals surface area contributed by atoms with Gasteiger partial charge in [-0.15, -0.1) is 0 Å². The molecule has 3 atom stereocenters. The number of aliphatic hydroxyl groups excluding tert-OH is 1. The minimum atomic E-state index is -0.0577. The smallest absolute Gasteiger partial charge is 0.0667 e. The number of β-amino-alcohol motifs (C(OH)–C–C–N with tert-alkyl or cyclic N) is 1. The van der Waals surface area contributed by atoms with E-state index in [9.17, 15) is 5.11 Å². The van der Waals surface area contributed by atoms with Gasteiger partial charge in [0.2, 0.25) is 0 Å². The summed E-state index contributed by atoms with van der Waals surface area (Å²) in [4.78, 5) is 2.49. The molecule has 0 spiro atoms. The Morgan fingerprint density at radius 1 is 1.13 bits per heavy atom. The van der Waals surface area contributed by atoms with E-state index in [1.807, 2.05) is 0 Å². The summed E-state index contributed by atoms with van der Waals surface area (Å²) in [6, 6.07) is 0. The lowest BCUT2D eigenvalue weighted by Gasteiger charge is -2.36. The Balaban J connectivity index is 1.79. The van der Waals surface area contributed by atoms with Gasteiger partial charge in [-0.1, -0.05) is 26.2 Å². The summed E-state index contributed by atoms with van der Waals surface area (Å²) in [5, 5.41) is 9.63. The predicted molar refractivity (Wildman–Crippen MR) is 62.8 cm³/mol. The molecule has 2 fully saturated rings. The molecule has 1 heterocycles. The van der Waals surface area contributed by atoms with Crippen LogP contribution < -0.4 is 0 Å². The number of hydrogen-bond acceptors (Lipinski definition) is 2. The van der Waals surface area contributed by atoms with Crippen molar-refractivity contribution >= 4 is 0 Å². The Bertz CT molecular complexity index is 195. The van der Waals surface area contributed by atoms with Crippen molar-refractivity contribution in [2.75, 3.05) is 19.6 Å². The minimum absolute atomic E-state index is 0.0577. The van der Waals surface area contributed by atoms with Crippen molar-refractivity contribution in [2.24, 2.45) is 11.8 Å². The van der Waals surface area contributed by atoms with E-state index in [0.717, 1.165) is 24.8 Å². The highest BCUT2D eigenvalue weighted by Crippen LogP contribution is 2.30. The first-order valence-corrected chi connectivity index (χ1v) is 6.66. The van der Waals surface area contributed by atoms with Crippen molar-refractivity contribution in [3.05, 3.63) is 0 Å². The van der Waals surface area contributed by atoms with Crippen LogP contribution in [0.3, 0.4) is 0 Å². The SMILES string of the molecule is CC1CCCCC1CN1CCCC(O)C1. The van der Waals surface area contributed by atoms with Crippen molar-refractivity contribution in [1.29, 1.82) is 0 Å². The highest BCUT2D eigenvalue weighted by Gasteiger charge is 2.25. The molecule has 0 aromatic heterocycles. The number of nitrogens with zero attached hydrogens (tertiary/aromatic N) is 1. The quantitative estimate of drug-likeness (QED) is 0.757. The molecule has 0 aromatic rings. The molecule has 0 radical (unpaired) electrons. The van der Waals surface area contributed by atoms with Crippen LogP contribution in [0.5, 0.6) is 0 Å². The van der Waals surface area contributed by atoms with Gasteiger partial charge in [-0.3, -0.25) is 0 Å². The zero-order valence-corrected chi connectivity index (χ0v) is 9.99. The molecule has 1 aliphatic heterocycles. The van der Waals surface area contributed by atoms with Crippen LogP contribution >= 0.6 is 0 Å². The van der Waals surface area contributed by atoms with Gasteiger partial charge in [-0.2, -0.15) is 0 Å². The van der Waals surface area contributed by atoms with Gasteiger partial charge in [0.05, 0.1) is 6.10 Å². The molecule has 1 saturated carbocycles. The summed E-state index contributed by atoms with van der Waals surface area (Å²) in [5.41, 5.74) is 0. The van der Waals surface area contributed by atoms with Crippen molar-refractivity contribution < 1.29 is 5.11 Å². The Morgan fingerprint density at radius 2 is 1.93 bits per heavy atom. The summed E-state index contributed by atoms with van der Waals surface area (Å²) >= 11 is 0. The highest BCUT2D eigenvalue weighted by atomic mass is 16.3. The van der Waals surface area contributed by atoms with Crippen LogP contribution in [-0.2, 0) is 0 Å². The van der Waals surface area contributed by atoms with Crippen LogP contribution in [0.25, 0.3) is 0 Å². The van der Waals surface area contributed by atoms with E-state index >= 15 is 0 Å². The predicted octanol–water partition coefficient (Wildman–Crippen LogP) is 2.27. The molecule has 88 valence electrons. The topological polar surface area (TPSA) is 23.5 Å². The summed E-state index contributed by atoms with van der Waals surface area (Å²) in [6.45, 7) is 5.77. The van der Waals surface area contributed by atoms with Crippen LogP contribution in [0, 0.1) is 11.8 Å². The van der Waals surface area contributed by atoms with Gasteiger partial charge in [-0.05, 0) is 37.6 Å². The largest absolute Gasteiger partial charge is 0.392 e. The fourth-order valence-corrected chi connectivity index (χ4v) is 3.19. The van der Waals surface area contributed by atoms with E-state index in [2.05, 4.69) is 11.8 Å². The number of rotatable bonds is 2. The highest BCUT2D eigenvalue weighted by molar-refractivity contribution is 4.79. The third kappa shape index (κ3) is 3.18. The van der Waals surface area contributed by atoms with Crippen molar-refractivity contribution in [2.45, 2.75) is 51.6 Å². The second kappa shape index (κ2) is 5.31. The maximum atomic E-state index is 9.63. The second-order valence-corrected chi connectivity index (χ2v) is 5.58. The second-order valence-electron chi connectivity index (χ2n) is 5.58. The van der Waals surface area contributed by atoms with E-state index in [-0.39, 0.29) is 6.10 Å². The molecule has 0 bridgehead atoms. The summed E-state index contributed by atoms with van der Waals surface area (Å²) < 4.78 is 0. The first-order chi connectivity index (χ1) is 7.25. The van der Waals surface area contributed by atoms with Crippen molar-refractivity contribution in [1.82, 2.24) is 4.90 Å². The van der Waals surface area contributed by atoms with E-state index in [4.69, 9.17) is 0 Å². The van der Waals surface area contributed by atoms with Gasteiger partial charge in [0.15, 0.2) is 0 Å². The standard InChI is InChI=1S/C13H25NO/c1-11-5-2-3-6-12(11)9-14-8-4-7-13(15)10-14/h11-13,15H,2-10H2,1H3. The third-order valence-corrected chi connectivity index (χ3v) is 4.26. The summed E-state index contributed by atoms with van der Waals surface area (Å²) in [5.74, 6) is 1.79. The van der Waals surface area contributed by atoms with E-state index in [0.29, 0.717) is 0 Å². The van der Waals surface area contributed by atoms with Gasteiger partial charge < -0.3 is 10.0 Å². The molecule has 1 aliphatic carbocycles. The first kappa shape index (κ1) is 11.4. The molecular formula is C13H25NO. The average Bonchev–Trinajstić information content (AvgIpc) is 2.22. The van der Waals surface area contributed by atoms with Crippen LogP contribution in [0.4, 0.5) is 0 Å². The lowest BCUT2D eigenvalue weighted by molar-refractivity contribution is 0.0510. The number of hydrogen-bond donors (Lipinski definition) is 1. The molecular weight excluding hydrogens is 186 g/mol. The molecule has 2 rings (SSSR count). The third-order valence-electron chi connectivity index (χ3n) is 4.26. The normalized spacial score (nSPS) is 39.2. The maximum absolute atomic E-state index is 9.63. The zero-order chi connectivity index (χ0) is 10.7. The Morgan fingerprint density at radius 3 is 2.67 bits per heavy atom. The van der Waals surface area contributed by atoms with Crippen molar-refractivity contribution in [3.63, 3.8) is 0 Å². The summed E-state index contributed by atoms with van der Waals surface area (Å²) in [7, 11) is 0. The molecule has 3 unspecified atom stereocenters. The fraction of sp³-hybridized carbons (Fsp3) is 1.00. The molecule has 2 aliphatic rings. The van der Waals surface area contributed by atoms with Crippen molar-refractivity contribution in [3.8, 4) is 0 Å². The fourth-order valence-electron chi connectivity index (χ4n) is 3.19. The van der Waals surface area contributed by atoms with Gasteiger partial charge in [0.25, 0.3) is 0 Å². The van der Waals surface area contributed by atoms with E-state index in [1.165, 1.54) is 45.2 Å². The van der Waals surface area contributed by atoms with Crippen LogP contribution in [0.1, 0.15) is 45.4 Å².